The highest BCUT2D eigenvalue weighted by molar-refractivity contribution is 5.78. The van der Waals surface area contributed by atoms with Gasteiger partial charge in [0.05, 0.1) is 6.10 Å². The number of aliphatic hydroxyl groups excluding tert-OH is 1. The lowest BCUT2D eigenvalue weighted by atomic mass is 9.88. The number of carbonyl (C=O) groups is 1. The lowest BCUT2D eigenvalue weighted by Gasteiger charge is -2.36. The normalized spacial score (nSPS) is 17.6. The Balaban J connectivity index is 2.35. The number of halogens is 1. The van der Waals surface area contributed by atoms with Gasteiger partial charge in [0.15, 0.2) is 0 Å². The first-order valence-electron chi connectivity index (χ1n) is 8.21. The van der Waals surface area contributed by atoms with Crippen LogP contribution >= 0.6 is 0 Å². The summed E-state index contributed by atoms with van der Waals surface area (Å²) in [6.45, 7) is 9.86. The second kappa shape index (κ2) is 6.87. The number of carbonyl (C=O) groups excluding carboxylic acids is 1. The standard InChI is InChI=1S/C18H27FN2O2/c1-5-20-11-13-10-14(19)6-7-15(13)21(9-8-17(20)23)12-16(22)18(2,3)4/h6-7,10,16,22H,5,8-9,11-12H2,1-4H3. The van der Waals surface area contributed by atoms with E-state index in [9.17, 15) is 14.3 Å². The van der Waals surface area contributed by atoms with E-state index in [1.54, 1.807) is 11.0 Å². The van der Waals surface area contributed by atoms with Crippen molar-refractivity contribution in [1.82, 2.24) is 4.90 Å². The molecule has 0 aromatic heterocycles. The van der Waals surface area contributed by atoms with E-state index in [1.807, 2.05) is 32.6 Å². The molecule has 1 N–H and O–H groups in total. The van der Waals surface area contributed by atoms with Gasteiger partial charge in [0.1, 0.15) is 5.82 Å². The van der Waals surface area contributed by atoms with Crippen LogP contribution in [-0.4, -0.2) is 41.7 Å². The summed E-state index contributed by atoms with van der Waals surface area (Å²) >= 11 is 0. The Morgan fingerprint density at radius 3 is 2.61 bits per heavy atom. The van der Waals surface area contributed by atoms with Gasteiger partial charge < -0.3 is 14.9 Å². The Morgan fingerprint density at radius 2 is 2.00 bits per heavy atom. The fourth-order valence-electron chi connectivity index (χ4n) is 2.75. The van der Waals surface area contributed by atoms with Crippen LogP contribution in [0.2, 0.25) is 0 Å². The first-order chi connectivity index (χ1) is 10.7. The van der Waals surface area contributed by atoms with Gasteiger partial charge in [0.25, 0.3) is 0 Å². The van der Waals surface area contributed by atoms with E-state index in [1.165, 1.54) is 12.1 Å². The summed E-state index contributed by atoms with van der Waals surface area (Å²) < 4.78 is 13.7. The second-order valence-electron chi connectivity index (χ2n) is 7.26. The zero-order valence-corrected chi connectivity index (χ0v) is 14.5. The molecule has 4 nitrogen and oxygen atoms in total. The van der Waals surface area contributed by atoms with Gasteiger partial charge in [-0.3, -0.25) is 4.79 Å². The van der Waals surface area contributed by atoms with Crippen LogP contribution in [0.3, 0.4) is 0 Å². The maximum atomic E-state index is 13.7. The average molecular weight is 322 g/mol. The fraction of sp³-hybridized carbons (Fsp3) is 0.611. The fourth-order valence-corrected chi connectivity index (χ4v) is 2.75. The van der Waals surface area contributed by atoms with Gasteiger partial charge in [-0.05, 0) is 36.1 Å². The third-order valence-corrected chi connectivity index (χ3v) is 4.47. The number of rotatable bonds is 3. The van der Waals surface area contributed by atoms with Crippen LogP contribution in [0.4, 0.5) is 10.1 Å². The molecule has 0 saturated carbocycles. The summed E-state index contributed by atoms with van der Waals surface area (Å²) in [6.07, 6.45) is -0.126. The average Bonchev–Trinajstić information content (AvgIpc) is 2.46. The van der Waals surface area contributed by atoms with Crippen LogP contribution in [0.5, 0.6) is 0 Å². The van der Waals surface area contributed by atoms with Crippen molar-refractivity contribution in [2.24, 2.45) is 5.41 Å². The maximum Gasteiger partial charge on any atom is 0.224 e. The molecule has 1 aromatic rings. The molecule has 23 heavy (non-hydrogen) atoms. The maximum absolute atomic E-state index is 13.7. The molecule has 2 rings (SSSR count). The summed E-state index contributed by atoms with van der Waals surface area (Å²) in [5.74, 6) is -0.234. The summed E-state index contributed by atoms with van der Waals surface area (Å²) in [5, 5.41) is 10.4. The van der Waals surface area contributed by atoms with Gasteiger partial charge in [-0.25, -0.2) is 4.39 Å². The molecule has 128 valence electrons. The van der Waals surface area contributed by atoms with E-state index in [-0.39, 0.29) is 17.1 Å². The lowest BCUT2D eigenvalue weighted by Crippen LogP contribution is -2.43. The van der Waals surface area contributed by atoms with Crippen molar-refractivity contribution in [3.05, 3.63) is 29.6 Å². The molecule has 1 aromatic carbocycles. The number of anilines is 1. The smallest absolute Gasteiger partial charge is 0.224 e. The molecule has 1 atom stereocenters. The van der Waals surface area contributed by atoms with Gasteiger partial charge in [-0.2, -0.15) is 0 Å². The number of aliphatic hydroxyl groups is 1. The number of benzene rings is 1. The molecule has 0 bridgehead atoms. The highest BCUT2D eigenvalue weighted by Gasteiger charge is 2.28. The van der Waals surface area contributed by atoms with Crippen LogP contribution in [0.15, 0.2) is 18.2 Å². The van der Waals surface area contributed by atoms with Crippen LogP contribution in [0.1, 0.15) is 39.7 Å². The summed E-state index contributed by atoms with van der Waals surface area (Å²) in [7, 11) is 0. The number of nitrogens with zero attached hydrogens (tertiary/aromatic N) is 2. The summed E-state index contributed by atoms with van der Waals surface area (Å²) in [4.78, 5) is 16.0. The van der Waals surface area contributed by atoms with Gasteiger partial charge in [0.2, 0.25) is 5.91 Å². The van der Waals surface area contributed by atoms with Crippen LogP contribution in [0, 0.1) is 11.2 Å². The van der Waals surface area contributed by atoms with Crippen LogP contribution in [-0.2, 0) is 11.3 Å². The topological polar surface area (TPSA) is 43.8 Å². The minimum Gasteiger partial charge on any atom is -0.391 e. The van der Waals surface area contributed by atoms with Crippen molar-refractivity contribution in [3.8, 4) is 0 Å². The van der Waals surface area contributed by atoms with Gasteiger partial charge >= 0.3 is 0 Å². The Morgan fingerprint density at radius 1 is 1.30 bits per heavy atom. The Labute approximate surface area is 137 Å². The molecule has 0 saturated heterocycles. The van der Waals surface area contributed by atoms with Crippen LogP contribution < -0.4 is 4.90 Å². The van der Waals surface area contributed by atoms with Gasteiger partial charge in [-0.15, -0.1) is 0 Å². The zero-order chi connectivity index (χ0) is 17.2. The first kappa shape index (κ1) is 17.7. The van der Waals surface area contributed by atoms with Gasteiger partial charge in [0, 0.05) is 38.3 Å². The van der Waals surface area contributed by atoms with E-state index < -0.39 is 6.10 Å². The number of β-amino-alcohol motifs (C(OH)–C–C–N with tert-alkyl or cyclic N) is 1. The minimum absolute atomic E-state index is 0.0673. The lowest BCUT2D eigenvalue weighted by molar-refractivity contribution is -0.131. The van der Waals surface area contributed by atoms with E-state index in [4.69, 9.17) is 0 Å². The number of amides is 1. The molecule has 0 fully saturated rings. The van der Waals surface area contributed by atoms with Crippen molar-refractivity contribution < 1.29 is 14.3 Å². The predicted molar refractivity (Wildman–Crippen MR) is 89.8 cm³/mol. The Kier molecular flexibility index (Phi) is 5.30. The molecule has 5 heteroatoms. The number of hydrogen-bond donors (Lipinski definition) is 1. The van der Waals surface area contributed by atoms with Gasteiger partial charge in [-0.1, -0.05) is 20.8 Å². The molecule has 1 amide bonds. The number of fused-ring (bicyclic) bond motifs is 1. The molecule has 1 aliphatic rings. The minimum atomic E-state index is -0.530. The Hall–Kier alpha value is -1.62. The van der Waals surface area contributed by atoms with E-state index in [0.717, 1.165) is 11.3 Å². The summed E-state index contributed by atoms with van der Waals surface area (Å²) in [6, 6.07) is 4.69. The monoisotopic (exact) mass is 322 g/mol. The van der Waals surface area contributed by atoms with Crippen molar-refractivity contribution in [2.45, 2.75) is 46.8 Å². The van der Waals surface area contributed by atoms with E-state index in [0.29, 0.717) is 32.6 Å². The van der Waals surface area contributed by atoms with Crippen molar-refractivity contribution in [1.29, 1.82) is 0 Å². The first-order valence-corrected chi connectivity index (χ1v) is 8.21. The third-order valence-electron chi connectivity index (χ3n) is 4.47. The zero-order valence-electron chi connectivity index (χ0n) is 14.5. The van der Waals surface area contributed by atoms with Crippen molar-refractivity contribution in [2.75, 3.05) is 24.5 Å². The SMILES string of the molecule is CCN1Cc2cc(F)ccc2N(CC(O)C(C)(C)C)CCC1=O. The van der Waals surface area contributed by atoms with E-state index in [2.05, 4.69) is 0 Å². The summed E-state index contributed by atoms with van der Waals surface area (Å²) in [5.41, 5.74) is 1.45. The second-order valence-corrected chi connectivity index (χ2v) is 7.26. The molecular formula is C18H27FN2O2. The third kappa shape index (κ3) is 4.22. The predicted octanol–water partition coefficient (Wildman–Crippen LogP) is 2.79. The highest BCUT2D eigenvalue weighted by atomic mass is 19.1. The highest BCUT2D eigenvalue weighted by Crippen LogP contribution is 2.28. The van der Waals surface area contributed by atoms with Crippen molar-refractivity contribution in [3.63, 3.8) is 0 Å². The quantitative estimate of drug-likeness (QED) is 0.930. The Bertz CT molecular complexity index is 569. The van der Waals surface area contributed by atoms with Crippen molar-refractivity contribution >= 4 is 11.6 Å². The molecule has 1 aliphatic heterocycles. The molecular weight excluding hydrogens is 295 g/mol. The molecule has 0 aliphatic carbocycles. The van der Waals surface area contributed by atoms with Crippen LogP contribution in [0.25, 0.3) is 0 Å². The molecule has 0 radical (unpaired) electrons. The largest absolute Gasteiger partial charge is 0.391 e. The number of hydrogen-bond acceptors (Lipinski definition) is 3. The molecule has 1 heterocycles. The van der Waals surface area contributed by atoms with E-state index >= 15 is 0 Å². The molecule has 0 spiro atoms. The molecule has 1 unspecified atom stereocenters.